The zero-order valence-electron chi connectivity index (χ0n) is 23.1. The molecule has 4 N–H and O–H groups in total. The minimum absolute atomic E-state index is 0.127. The molecule has 1 aliphatic rings. The molecule has 1 atom stereocenters. The number of rotatable bonds is 12. The third kappa shape index (κ3) is 6.47. The van der Waals surface area contributed by atoms with Crippen molar-refractivity contribution in [3.8, 4) is 11.5 Å². The molecule has 0 radical (unpaired) electrons. The molecule has 0 saturated heterocycles. The highest BCUT2D eigenvalue weighted by molar-refractivity contribution is 5.95. The van der Waals surface area contributed by atoms with Crippen LogP contribution in [-0.4, -0.2) is 50.6 Å². The minimum atomic E-state index is -0.735. The van der Waals surface area contributed by atoms with Gasteiger partial charge in [0.25, 0.3) is 5.89 Å². The Bertz CT molecular complexity index is 1540. The number of nitrogens with two attached hydrogens (primary N) is 1. The van der Waals surface area contributed by atoms with Gasteiger partial charge in [0, 0.05) is 36.0 Å². The van der Waals surface area contributed by atoms with Gasteiger partial charge >= 0.3 is 5.97 Å². The maximum Gasteiger partial charge on any atom is 0.339 e. The number of ether oxygens (including phenoxy) is 1. The van der Waals surface area contributed by atoms with E-state index in [1.807, 2.05) is 50.2 Å². The van der Waals surface area contributed by atoms with Crippen LogP contribution in [-0.2, 0) is 16.8 Å². The van der Waals surface area contributed by atoms with Crippen molar-refractivity contribution < 1.29 is 19.1 Å². The fourth-order valence-corrected chi connectivity index (χ4v) is 4.61. The summed E-state index contributed by atoms with van der Waals surface area (Å²) in [6.07, 6.45) is 6.69. The van der Waals surface area contributed by atoms with E-state index >= 15 is 0 Å². The quantitative estimate of drug-likeness (QED) is 0.125. The second kappa shape index (κ2) is 12.4. The molecule has 11 nitrogen and oxygen atoms in total. The molecule has 0 bridgehead atoms. The van der Waals surface area contributed by atoms with Crippen LogP contribution in [0.25, 0.3) is 11.5 Å². The van der Waals surface area contributed by atoms with E-state index < -0.39 is 5.60 Å². The summed E-state index contributed by atoms with van der Waals surface area (Å²) in [7, 11) is 0. The number of carbonyl (C=O) groups is 1. The van der Waals surface area contributed by atoms with Crippen molar-refractivity contribution in [3.63, 3.8) is 0 Å². The number of aliphatic hydroxyl groups is 1. The predicted octanol–water partition coefficient (Wildman–Crippen LogP) is 4.83. The topological polar surface area (TPSA) is 162 Å². The van der Waals surface area contributed by atoms with E-state index in [9.17, 15) is 9.90 Å². The number of esters is 1. The van der Waals surface area contributed by atoms with Crippen LogP contribution in [0.5, 0.6) is 0 Å². The molecule has 2 aromatic carbocycles. The summed E-state index contributed by atoms with van der Waals surface area (Å²) < 4.78 is 11.4. The first-order chi connectivity index (χ1) is 19.9. The lowest BCUT2D eigenvalue weighted by atomic mass is 9.95. The number of aromatic nitrogens is 4. The molecule has 1 aliphatic heterocycles. The number of carbonyl (C=O) groups excluding carboxylic acids is 1. The van der Waals surface area contributed by atoms with Crippen molar-refractivity contribution in [2.75, 3.05) is 18.5 Å². The Kier molecular flexibility index (Phi) is 8.46. The summed E-state index contributed by atoms with van der Waals surface area (Å²) in [5, 5.41) is 21.6. The van der Waals surface area contributed by atoms with Crippen molar-refractivity contribution in [1.29, 1.82) is 0 Å². The normalized spacial score (nSPS) is 14.7. The maximum absolute atomic E-state index is 12.2. The number of benzene rings is 2. The molecule has 0 spiro atoms. The first kappa shape index (κ1) is 28.1. The van der Waals surface area contributed by atoms with E-state index in [0.29, 0.717) is 41.5 Å². The summed E-state index contributed by atoms with van der Waals surface area (Å²) in [6.45, 7) is 4.22. The SMILES string of the molecule is CC1(C)OC(=O)c2ccc(Nc3ncc(-c4nnc(CCCCCN)o4)c(N=CC(CO)c4ccccc4)n3)cc21. The number of hydrogen-bond donors (Lipinski definition) is 3. The molecule has 1 unspecified atom stereocenters. The van der Waals surface area contributed by atoms with E-state index in [0.717, 1.165) is 30.4 Å². The predicted molar refractivity (Wildman–Crippen MR) is 155 cm³/mol. The molecule has 0 aliphatic carbocycles. The van der Waals surface area contributed by atoms with E-state index in [2.05, 4.69) is 30.5 Å². The second-order valence-corrected chi connectivity index (χ2v) is 10.3. The monoisotopic (exact) mass is 555 g/mol. The van der Waals surface area contributed by atoms with E-state index in [1.165, 1.54) is 0 Å². The van der Waals surface area contributed by atoms with Gasteiger partial charge in [0.1, 0.15) is 11.2 Å². The molecular formula is C30H33N7O4. The molecule has 11 heteroatoms. The molecule has 5 rings (SSSR count). The standard InChI is InChI=1S/C30H33N7O4/c1-30(2)24-15-21(12-13-22(24)28(39)41-30)34-29-33-17-23(27-37-36-25(40-27)11-7-4-8-14-31)26(35-29)32-16-20(18-38)19-9-5-3-6-10-19/h3,5-6,9-10,12-13,15-17,20,38H,4,7-8,11,14,18,31H2,1-2H3,(H,33,34,35). The van der Waals surface area contributed by atoms with Gasteiger partial charge in [-0.25, -0.2) is 14.8 Å². The van der Waals surface area contributed by atoms with Crippen molar-refractivity contribution >= 4 is 29.6 Å². The Morgan fingerprint density at radius 3 is 2.71 bits per heavy atom. The third-order valence-electron chi connectivity index (χ3n) is 6.85. The van der Waals surface area contributed by atoms with Gasteiger partial charge < -0.3 is 25.3 Å². The highest BCUT2D eigenvalue weighted by Crippen LogP contribution is 2.38. The number of nitrogens with zero attached hydrogens (tertiary/aromatic N) is 5. The Morgan fingerprint density at radius 1 is 1.10 bits per heavy atom. The lowest BCUT2D eigenvalue weighted by Gasteiger charge is -2.18. The Labute approximate surface area is 237 Å². The van der Waals surface area contributed by atoms with Gasteiger partial charge in [0.15, 0.2) is 5.82 Å². The number of nitrogens with one attached hydrogen (secondary N) is 1. The zero-order chi connectivity index (χ0) is 28.8. The van der Waals surface area contributed by atoms with Gasteiger partial charge in [-0.05, 0) is 57.0 Å². The molecule has 212 valence electrons. The highest BCUT2D eigenvalue weighted by atomic mass is 16.6. The van der Waals surface area contributed by atoms with Crippen LogP contribution in [0.3, 0.4) is 0 Å². The molecule has 0 fully saturated rings. The number of aliphatic imine (C=N–C) groups is 1. The van der Waals surface area contributed by atoms with Crippen LogP contribution in [0.1, 0.15) is 66.4 Å². The number of fused-ring (bicyclic) bond motifs is 1. The maximum atomic E-state index is 12.2. The van der Waals surface area contributed by atoms with Crippen molar-refractivity contribution in [2.24, 2.45) is 10.7 Å². The first-order valence-corrected chi connectivity index (χ1v) is 13.6. The highest BCUT2D eigenvalue weighted by Gasteiger charge is 2.37. The van der Waals surface area contributed by atoms with E-state index in [4.69, 9.17) is 14.9 Å². The average Bonchev–Trinajstić information content (AvgIpc) is 3.53. The average molecular weight is 556 g/mol. The van der Waals surface area contributed by atoms with Gasteiger partial charge in [-0.2, -0.15) is 4.98 Å². The van der Waals surface area contributed by atoms with Crippen LogP contribution in [0.4, 0.5) is 17.5 Å². The summed E-state index contributed by atoms with van der Waals surface area (Å²) in [4.78, 5) is 25.9. The fourth-order valence-electron chi connectivity index (χ4n) is 4.61. The molecule has 0 amide bonds. The lowest BCUT2D eigenvalue weighted by molar-refractivity contribution is 0.00954. The molecule has 0 saturated carbocycles. The summed E-state index contributed by atoms with van der Waals surface area (Å²) in [5.74, 6) is 0.675. The third-order valence-corrected chi connectivity index (χ3v) is 6.85. The van der Waals surface area contributed by atoms with Crippen LogP contribution >= 0.6 is 0 Å². The number of unbranched alkanes of at least 4 members (excludes halogenated alkanes) is 2. The largest absolute Gasteiger partial charge is 0.451 e. The van der Waals surface area contributed by atoms with Crippen LogP contribution in [0.2, 0.25) is 0 Å². The van der Waals surface area contributed by atoms with Crippen molar-refractivity contribution in [2.45, 2.75) is 51.0 Å². The van der Waals surface area contributed by atoms with E-state index in [1.54, 1.807) is 24.5 Å². The van der Waals surface area contributed by atoms with Gasteiger partial charge in [0.05, 0.1) is 12.2 Å². The minimum Gasteiger partial charge on any atom is -0.451 e. The number of anilines is 2. The van der Waals surface area contributed by atoms with Gasteiger partial charge in [-0.15, -0.1) is 10.2 Å². The Balaban J connectivity index is 1.45. The molecule has 3 heterocycles. The smallest absolute Gasteiger partial charge is 0.339 e. The second-order valence-electron chi connectivity index (χ2n) is 10.3. The summed E-state index contributed by atoms with van der Waals surface area (Å²) in [6, 6.07) is 14.9. The number of cyclic esters (lactones) is 1. The molecule has 41 heavy (non-hydrogen) atoms. The molecule has 2 aromatic heterocycles. The van der Waals surface area contributed by atoms with Crippen molar-refractivity contribution in [3.05, 3.63) is 77.3 Å². The first-order valence-electron chi connectivity index (χ1n) is 13.6. The van der Waals surface area contributed by atoms with Gasteiger partial charge in [0.2, 0.25) is 11.8 Å². The number of aryl methyl sites for hydroxylation is 1. The van der Waals surface area contributed by atoms with Crippen molar-refractivity contribution in [1.82, 2.24) is 20.2 Å². The van der Waals surface area contributed by atoms with E-state index in [-0.39, 0.29) is 30.3 Å². The van der Waals surface area contributed by atoms with Crippen LogP contribution in [0.15, 0.2) is 64.1 Å². The molecule has 4 aromatic rings. The van der Waals surface area contributed by atoms with Crippen LogP contribution in [0, 0.1) is 0 Å². The fraction of sp³-hybridized carbons (Fsp3) is 0.333. The Hall–Kier alpha value is -4.48. The number of hydrogen-bond acceptors (Lipinski definition) is 11. The summed E-state index contributed by atoms with van der Waals surface area (Å²) >= 11 is 0. The van der Waals surface area contributed by atoms with Crippen LogP contribution < -0.4 is 11.1 Å². The van der Waals surface area contributed by atoms with Gasteiger partial charge in [-0.1, -0.05) is 36.8 Å². The lowest BCUT2D eigenvalue weighted by Crippen LogP contribution is -2.16. The number of aliphatic hydroxyl groups excluding tert-OH is 1. The zero-order valence-corrected chi connectivity index (χ0v) is 23.1. The van der Waals surface area contributed by atoms with Gasteiger partial charge in [-0.3, -0.25) is 0 Å². The molecular weight excluding hydrogens is 522 g/mol. The Morgan fingerprint density at radius 2 is 1.93 bits per heavy atom. The summed E-state index contributed by atoms with van der Waals surface area (Å²) in [5.41, 5.74) is 8.24.